The van der Waals surface area contributed by atoms with Crippen molar-refractivity contribution in [1.82, 2.24) is 10.9 Å². The van der Waals surface area contributed by atoms with Crippen LogP contribution in [0.1, 0.15) is 45.4 Å². The number of rotatable bonds is 5. The zero-order valence-electron chi connectivity index (χ0n) is 15.1. The second-order valence-electron chi connectivity index (χ2n) is 6.60. The number of benzene rings is 1. The van der Waals surface area contributed by atoms with Gasteiger partial charge in [-0.25, -0.2) is 0 Å². The summed E-state index contributed by atoms with van der Waals surface area (Å²) >= 11 is 1.54. The van der Waals surface area contributed by atoms with Crippen LogP contribution in [0.15, 0.2) is 30.3 Å². The van der Waals surface area contributed by atoms with E-state index in [2.05, 4.69) is 17.8 Å². The van der Waals surface area contributed by atoms with Gasteiger partial charge in [-0.1, -0.05) is 25.5 Å². The molecule has 1 aromatic heterocycles. The maximum absolute atomic E-state index is 12.3. The first-order chi connectivity index (χ1) is 12.6. The molecule has 2 N–H and O–H groups in total. The first-order valence-electron chi connectivity index (χ1n) is 8.92. The number of fused-ring (bicyclic) bond motifs is 1. The van der Waals surface area contributed by atoms with Gasteiger partial charge < -0.3 is 4.74 Å². The predicted molar refractivity (Wildman–Crippen MR) is 102 cm³/mol. The standard InChI is InChI=1S/C20H24N2O3S/c1-3-13-6-9-17-15(10-13)12-18(26-17)20(24)22-21-19(23)11-14-4-7-16(25-2)8-5-14/h4-5,7-8,12-13H,3,6,9-11H2,1-2H3,(H,21,23)(H,22,24)/t13-/m0/s1. The highest BCUT2D eigenvalue weighted by molar-refractivity contribution is 7.14. The summed E-state index contributed by atoms with van der Waals surface area (Å²) in [4.78, 5) is 26.3. The van der Waals surface area contributed by atoms with Crippen LogP contribution in [0.25, 0.3) is 0 Å². The van der Waals surface area contributed by atoms with Gasteiger partial charge in [0.2, 0.25) is 5.91 Å². The molecule has 6 heteroatoms. The van der Waals surface area contributed by atoms with E-state index in [0.29, 0.717) is 4.88 Å². The van der Waals surface area contributed by atoms with E-state index in [-0.39, 0.29) is 18.2 Å². The third-order valence-corrected chi connectivity index (χ3v) is 6.06. The SMILES string of the molecule is CC[C@H]1CCc2sc(C(=O)NNC(=O)Cc3ccc(OC)cc3)cc2C1. The maximum atomic E-state index is 12.3. The quantitative estimate of drug-likeness (QED) is 0.792. The first-order valence-corrected chi connectivity index (χ1v) is 9.74. The number of hydrazine groups is 1. The van der Waals surface area contributed by atoms with Crippen LogP contribution < -0.4 is 15.6 Å². The lowest BCUT2D eigenvalue weighted by atomic mass is 9.87. The van der Waals surface area contributed by atoms with E-state index in [1.165, 1.54) is 34.6 Å². The normalized spacial score (nSPS) is 15.8. The van der Waals surface area contributed by atoms with E-state index in [1.54, 1.807) is 19.2 Å². The number of ether oxygens (including phenoxy) is 1. The molecule has 26 heavy (non-hydrogen) atoms. The molecule has 0 radical (unpaired) electrons. The van der Waals surface area contributed by atoms with Gasteiger partial charge in [-0.2, -0.15) is 0 Å². The highest BCUT2D eigenvalue weighted by atomic mass is 32.1. The summed E-state index contributed by atoms with van der Waals surface area (Å²) in [7, 11) is 1.60. The average Bonchev–Trinajstić information content (AvgIpc) is 3.10. The minimum atomic E-state index is -0.254. The van der Waals surface area contributed by atoms with E-state index >= 15 is 0 Å². The van der Waals surface area contributed by atoms with Gasteiger partial charge in [-0.3, -0.25) is 20.4 Å². The molecule has 0 saturated carbocycles. The van der Waals surface area contributed by atoms with E-state index in [1.807, 2.05) is 18.2 Å². The lowest BCUT2D eigenvalue weighted by molar-refractivity contribution is -0.121. The molecule has 0 unspecified atom stereocenters. The van der Waals surface area contributed by atoms with Crippen LogP contribution in [-0.2, 0) is 24.1 Å². The molecule has 1 atom stereocenters. The molecule has 3 rings (SSSR count). The van der Waals surface area contributed by atoms with Crippen molar-refractivity contribution < 1.29 is 14.3 Å². The minimum Gasteiger partial charge on any atom is -0.497 e. The van der Waals surface area contributed by atoms with Crippen LogP contribution in [0.3, 0.4) is 0 Å². The molecule has 1 aliphatic carbocycles. The summed E-state index contributed by atoms with van der Waals surface area (Å²) in [6, 6.07) is 9.25. The van der Waals surface area contributed by atoms with Crippen molar-refractivity contribution in [2.24, 2.45) is 5.92 Å². The number of carbonyl (C=O) groups excluding carboxylic acids is 2. The Kier molecular flexibility index (Phi) is 5.93. The first kappa shape index (κ1) is 18.5. The molecule has 1 aromatic carbocycles. The number of thiophene rings is 1. The van der Waals surface area contributed by atoms with Crippen molar-refractivity contribution in [3.8, 4) is 5.75 Å². The summed E-state index contributed by atoms with van der Waals surface area (Å²) in [6.07, 6.45) is 4.68. The summed E-state index contributed by atoms with van der Waals surface area (Å²) in [5.74, 6) is 0.961. The molecule has 0 saturated heterocycles. The van der Waals surface area contributed by atoms with Crippen molar-refractivity contribution in [2.75, 3.05) is 7.11 Å². The molecule has 1 heterocycles. The van der Waals surface area contributed by atoms with Crippen LogP contribution in [-0.4, -0.2) is 18.9 Å². The predicted octanol–water partition coefficient (Wildman–Crippen LogP) is 3.28. The summed E-state index contributed by atoms with van der Waals surface area (Å²) in [6.45, 7) is 2.22. The summed E-state index contributed by atoms with van der Waals surface area (Å²) < 4.78 is 5.09. The van der Waals surface area contributed by atoms with E-state index in [4.69, 9.17) is 4.74 Å². The maximum Gasteiger partial charge on any atom is 0.279 e. The van der Waals surface area contributed by atoms with Crippen LogP contribution in [0.5, 0.6) is 5.75 Å². The van der Waals surface area contributed by atoms with Gasteiger partial charge in [0.25, 0.3) is 5.91 Å². The zero-order chi connectivity index (χ0) is 18.5. The molecular weight excluding hydrogens is 348 g/mol. The fourth-order valence-corrected chi connectivity index (χ4v) is 4.32. The Hall–Kier alpha value is -2.34. The van der Waals surface area contributed by atoms with Gasteiger partial charge in [0, 0.05) is 4.88 Å². The smallest absolute Gasteiger partial charge is 0.279 e. The van der Waals surface area contributed by atoms with Gasteiger partial charge in [0.1, 0.15) is 5.75 Å². The largest absolute Gasteiger partial charge is 0.497 e. The van der Waals surface area contributed by atoms with Crippen molar-refractivity contribution in [3.05, 3.63) is 51.2 Å². The second-order valence-corrected chi connectivity index (χ2v) is 7.74. The molecular formula is C20H24N2O3S. The van der Waals surface area contributed by atoms with Crippen molar-refractivity contribution in [2.45, 2.75) is 39.0 Å². The van der Waals surface area contributed by atoms with Gasteiger partial charge in [-0.15, -0.1) is 11.3 Å². The molecule has 5 nitrogen and oxygen atoms in total. The Balaban J connectivity index is 1.52. The molecule has 138 valence electrons. The number of carbonyl (C=O) groups is 2. The molecule has 2 aromatic rings. The van der Waals surface area contributed by atoms with Crippen molar-refractivity contribution >= 4 is 23.2 Å². The monoisotopic (exact) mass is 372 g/mol. The number of aryl methyl sites for hydroxylation is 1. The Labute approximate surface area is 157 Å². The fraction of sp³-hybridized carbons (Fsp3) is 0.400. The highest BCUT2D eigenvalue weighted by Gasteiger charge is 2.22. The van der Waals surface area contributed by atoms with Gasteiger partial charge in [-0.05, 0) is 54.5 Å². The van der Waals surface area contributed by atoms with Crippen LogP contribution in [0.2, 0.25) is 0 Å². The van der Waals surface area contributed by atoms with Crippen LogP contribution >= 0.6 is 11.3 Å². The lowest BCUT2D eigenvalue weighted by Crippen LogP contribution is -2.42. The van der Waals surface area contributed by atoms with Crippen LogP contribution in [0.4, 0.5) is 0 Å². The molecule has 0 fully saturated rings. The van der Waals surface area contributed by atoms with Crippen molar-refractivity contribution in [3.63, 3.8) is 0 Å². The summed E-state index contributed by atoms with van der Waals surface area (Å²) in [5, 5.41) is 0. The van der Waals surface area contributed by atoms with Gasteiger partial charge in [0.05, 0.1) is 18.4 Å². The topological polar surface area (TPSA) is 67.4 Å². The third kappa shape index (κ3) is 4.43. The molecule has 0 spiro atoms. The fourth-order valence-electron chi connectivity index (χ4n) is 3.22. The third-order valence-electron chi connectivity index (χ3n) is 4.83. The Morgan fingerprint density at radius 2 is 2.00 bits per heavy atom. The molecule has 2 amide bonds. The summed E-state index contributed by atoms with van der Waals surface area (Å²) in [5.41, 5.74) is 7.17. The molecule has 0 aliphatic heterocycles. The number of amides is 2. The lowest BCUT2D eigenvalue weighted by Gasteiger charge is -2.19. The molecule has 1 aliphatic rings. The van der Waals surface area contributed by atoms with E-state index in [9.17, 15) is 9.59 Å². The van der Waals surface area contributed by atoms with E-state index in [0.717, 1.165) is 30.1 Å². The Morgan fingerprint density at radius 3 is 2.69 bits per heavy atom. The average molecular weight is 372 g/mol. The zero-order valence-corrected chi connectivity index (χ0v) is 15.9. The van der Waals surface area contributed by atoms with Gasteiger partial charge in [0.15, 0.2) is 0 Å². The van der Waals surface area contributed by atoms with Gasteiger partial charge >= 0.3 is 0 Å². The minimum absolute atomic E-state index is 0.198. The van der Waals surface area contributed by atoms with E-state index < -0.39 is 0 Å². The number of nitrogens with one attached hydrogen (secondary N) is 2. The highest BCUT2D eigenvalue weighted by Crippen LogP contribution is 2.33. The number of hydrogen-bond acceptors (Lipinski definition) is 4. The Bertz CT molecular complexity index is 783. The van der Waals surface area contributed by atoms with Crippen LogP contribution in [0, 0.1) is 5.92 Å². The van der Waals surface area contributed by atoms with Crippen molar-refractivity contribution in [1.29, 1.82) is 0 Å². The second kappa shape index (κ2) is 8.36. The molecule has 0 bridgehead atoms. The number of methoxy groups -OCH3 is 1. The number of hydrogen-bond donors (Lipinski definition) is 2. The Morgan fingerprint density at radius 1 is 1.23 bits per heavy atom.